The van der Waals surface area contributed by atoms with Gasteiger partial charge in [0.2, 0.25) is 0 Å². The van der Waals surface area contributed by atoms with Crippen molar-refractivity contribution in [2.75, 3.05) is 6.61 Å². The van der Waals surface area contributed by atoms with E-state index in [1.807, 2.05) is 20.8 Å². The molecule has 2 aliphatic rings. The normalized spacial score (nSPS) is 32.9. The molecule has 2 rings (SSSR count). The first kappa shape index (κ1) is 14.0. The van der Waals surface area contributed by atoms with Crippen molar-refractivity contribution in [2.45, 2.75) is 71.3 Å². The van der Waals surface area contributed by atoms with Crippen LogP contribution in [0, 0.1) is 17.8 Å². The van der Waals surface area contributed by atoms with Crippen molar-refractivity contribution >= 4 is 5.78 Å². The summed E-state index contributed by atoms with van der Waals surface area (Å²) in [5.74, 6) is 2.10. The van der Waals surface area contributed by atoms with E-state index in [1.165, 1.54) is 38.5 Å². The smallest absolute Gasteiger partial charge is 0.167 e. The first-order valence-electron chi connectivity index (χ1n) is 7.74. The number of carbonyl (C=O) groups is 1. The van der Waals surface area contributed by atoms with E-state index in [9.17, 15) is 4.79 Å². The SMILES string of the molecule is CCOC(C)(C)C(=O)C1CCCC2CCCCC21. The Morgan fingerprint density at radius 1 is 1.11 bits per heavy atom. The van der Waals surface area contributed by atoms with Gasteiger partial charge in [0.25, 0.3) is 0 Å². The number of rotatable bonds is 4. The predicted octanol–water partition coefficient (Wildman–Crippen LogP) is 3.98. The maximum absolute atomic E-state index is 12.7. The minimum absolute atomic E-state index is 0.269. The van der Waals surface area contributed by atoms with Crippen LogP contribution in [0.3, 0.4) is 0 Å². The second-order valence-electron chi connectivity index (χ2n) is 6.55. The maximum Gasteiger partial charge on any atom is 0.167 e. The second kappa shape index (κ2) is 5.73. The molecule has 104 valence electrons. The number of carbonyl (C=O) groups excluding carboxylic acids is 1. The van der Waals surface area contributed by atoms with E-state index in [1.54, 1.807) is 0 Å². The molecule has 2 heteroatoms. The van der Waals surface area contributed by atoms with Crippen LogP contribution in [0.25, 0.3) is 0 Å². The van der Waals surface area contributed by atoms with Gasteiger partial charge in [0, 0.05) is 12.5 Å². The zero-order chi connectivity index (χ0) is 13.2. The summed E-state index contributed by atoms with van der Waals surface area (Å²) in [6.07, 6.45) is 8.99. The van der Waals surface area contributed by atoms with Crippen LogP contribution >= 0.6 is 0 Å². The highest BCUT2D eigenvalue weighted by atomic mass is 16.5. The van der Waals surface area contributed by atoms with Gasteiger partial charge in [0.05, 0.1) is 0 Å². The van der Waals surface area contributed by atoms with Crippen LogP contribution in [0.4, 0.5) is 0 Å². The van der Waals surface area contributed by atoms with Crippen molar-refractivity contribution in [3.05, 3.63) is 0 Å². The molecule has 18 heavy (non-hydrogen) atoms. The third-order valence-electron chi connectivity index (χ3n) is 5.01. The zero-order valence-corrected chi connectivity index (χ0v) is 12.2. The van der Waals surface area contributed by atoms with E-state index in [4.69, 9.17) is 4.74 Å². The van der Waals surface area contributed by atoms with Crippen molar-refractivity contribution in [1.29, 1.82) is 0 Å². The monoisotopic (exact) mass is 252 g/mol. The topological polar surface area (TPSA) is 26.3 Å². The molecule has 0 aliphatic heterocycles. The molecule has 0 aromatic rings. The summed E-state index contributed by atoms with van der Waals surface area (Å²) in [5, 5.41) is 0. The van der Waals surface area contributed by atoms with Crippen LogP contribution in [0.2, 0.25) is 0 Å². The largest absolute Gasteiger partial charge is 0.368 e. The second-order valence-corrected chi connectivity index (χ2v) is 6.55. The highest BCUT2D eigenvalue weighted by Gasteiger charge is 2.43. The summed E-state index contributed by atoms with van der Waals surface area (Å²) in [6, 6.07) is 0. The van der Waals surface area contributed by atoms with Crippen LogP contribution in [0.1, 0.15) is 65.7 Å². The van der Waals surface area contributed by atoms with E-state index in [2.05, 4.69) is 0 Å². The molecule has 0 bridgehead atoms. The lowest BCUT2D eigenvalue weighted by molar-refractivity contribution is -0.149. The van der Waals surface area contributed by atoms with E-state index in [0.29, 0.717) is 18.3 Å². The Kier molecular flexibility index (Phi) is 4.47. The summed E-state index contributed by atoms with van der Waals surface area (Å²) in [6.45, 7) is 6.50. The number of ether oxygens (including phenoxy) is 1. The van der Waals surface area contributed by atoms with Gasteiger partial charge in [-0.2, -0.15) is 0 Å². The number of ketones is 1. The summed E-state index contributed by atoms with van der Waals surface area (Å²) in [7, 11) is 0. The Balaban J connectivity index is 2.08. The van der Waals surface area contributed by atoms with E-state index in [-0.39, 0.29) is 5.92 Å². The van der Waals surface area contributed by atoms with Crippen LogP contribution < -0.4 is 0 Å². The molecule has 0 aromatic carbocycles. The third-order valence-corrected chi connectivity index (χ3v) is 5.01. The Labute approximate surface area is 111 Å². The highest BCUT2D eigenvalue weighted by molar-refractivity contribution is 5.89. The van der Waals surface area contributed by atoms with Gasteiger partial charge in [-0.05, 0) is 45.4 Å². The fourth-order valence-corrected chi connectivity index (χ4v) is 4.14. The summed E-state index contributed by atoms with van der Waals surface area (Å²) >= 11 is 0. The average Bonchev–Trinajstić information content (AvgIpc) is 2.37. The maximum atomic E-state index is 12.7. The Bertz CT molecular complexity index is 293. The molecule has 0 spiro atoms. The summed E-state index contributed by atoms with van der Waals surface area (Å²) in [5.41, 5.74) is -0.585. The molecule has 0 heterocycles. The van der Waals surface area contributed by atoms with Gasteiger partial charge in [-0.1, -0.05) is 32.1 Å². The van der Waals surface area contributed by atoms with E-state index < -0.39 is 5.60 Å². The van der Waals surface area contributed by atoms with Crippen molar-refractivity contribution in [1.82, 2.24) is 0 Å². The third kappa shape index (κ3) is 2.79. The molecule has 2 fully saturated rings. The minimum Gasteiger partial charge on any atom is -0.368 e. The lowest BCUT2D eigenvalue weighted by atomic mass is 9.63. The molecule has 3 unspecified atom stereocenters. The number of hydrogen-bond donors (Lipinski definition) is 0. The fourth-order valence-electron chi connectivity index (χ4n) is 4.14. The molecule has 0 amide bonds. The Hall–Kier alpha value is -0.370. The van der Waals surface area contributed by atoms with Gasteiger partial charge in [-0.25, -0.2) is 0 Å². The van der Waals surface area contributed by atoms with Gasteiger partial charge < -0.3 is 4.74 Å². The molecule has 3 atom stereocenters. The lowest BCUT2D eigenvalue weighted by Crippen LogP contribution is -2.45. The summed E-state index contributed by atoms with van der Waals surface area (Å²) < 4.78 is 5.67. The van der Waals surface area contributed by atoms with E-state index >= 15 is 0 Å². The van der Waals surface area contributed by atoms with Crippen molar-refractivity contribution < 1.29 is 9.53 Å². The lowest BCUT2D eigenvalue weighted by Gasteiger charge is -2.43. The number of fused-ring (bicyclic) bond motifs is 1. The van der Waals surface area contributed by atoms with E-state index in [0.717, 1.165) is 12.3 Å². The van der Waals surface area contributed by atoms with Gasteiger partial charge in [-0.15, -0.1) is 0 Å². The Morgan fingerprint density at radius 3 is 2.50 bits per heavy atom. The molecular formula is C16H28O2. The number of hydrogen-bond acceptors (Lipinski definition) is 2. The zero-order valence-electron chi connectivity index (χ0n) is 12.2. The van der Waals surface area contributed by atoms with Crippen LogP contribution in [-0.2, 0) is 9.53 Å². The van der Waals surface area contributed by atoms with Crippen LogP contribution in [0.15, 0.2) is 0 Å². The molecule has 2 nitrogen and oxygen atoms in total. The number of Topliss-reactive ketones (excluding diaryl/α,β-unsaturated/α-hetero) is 1. The minimum atomic E-state index is -0.585. The molecule has 0 radical (unpaired) electrons. The average molecular weight is 252 g/mol. The summed E-state index contributed by atoms with van der Waals surface area (Å²) in [4.78, 5) is 12.7. The van der Waals surface area contributed by atoms with Crippen molar-refractivity contribution in [3.63, 3.8) is 0 Å². The molecule has 2 saturated carbocycles. The van der Waals surface area contributed by atoms with Gasteiger partial charge in [-0.3, -0.25) is 4.79 Å². The molecular weight excluding hydrogens is 224 g/mol. The van der Waals surface area contributed by atoms with Gasteiger partial charge in [0.1, 0.15) is 5.60 Å². The molecule has 2 aliphatic carbocycles. The Morgan fingerprint density at radius 2 is 1.78 bits per heavy atom. The fraction of sp³-hybridized carbons (Fsp3) is 0.938. The van der Waals surface area contributed by atoms with Gasteiger partial charge in [0.15, 0.2) is 5.78 Å². The molecule has 0 saturated heterocycles. The van der Waals surface area contributed by atoms with Crippen molar-refractivity contribution in [2.24, 2.45) is 17.8 Å². The highest BCUT2D eigenvalue weighted by Crippen LogP contribution is 2.45. The first-order valence-corrected chi connectivity index (χ1v) is 7.74. The van der Waals surface area contributed by atoms with Crippen molar-refractivity contribution in [3.8, 4) is 0 Å². The van der Waals surface area contributed by atoms with Crippen LogP contribution in [-0.4, -0.2) is 18.0 Å². The first-order chi connectivity index (χ1) is 8.56. The van der Waals surface area contributed by atoms with Crippen LogP contribution in [0.5, 0.6) is 0 Å². The standard InChI is InChI=1S/C16H28O2/c1-4-18-16(2,3)15(17)14-11-7-9-12-8-5-6-10-13(12)14/h12-14H,4-11H2,1-3H3. The quantitative estimate of drug-likeness (QED) is 0.756. The van der Waals surface area contributed by atoms with Gasteiger partial charge >= 0.3 is 0 Å². The predicted molar refractivity (Wildman–Crippen MR) is 73.5 cm³/mol. The molecule has 0 N–H and O–H groups in total. The molecule has 0 aromatic heterocycles.